The second kappa shape index (κ2) is 4.92. The third-order valence-electron chi connectivity index (χ3n) is 2.57. The van der Waals surface area contributed by atoms with Crippen molar-refractivity contribution in [1.29, 1.82) is 0 Å². The zero-order valence-corrected chi connectivity index (χ0v) is 9.61. The molecule has 0 saturated carbocycles. The van der Waals surface area contributed by atoms with E-state index < -0.39 is 0 Å². The van der Waals surface area contributed by atoms with E-state index in [1.807, 2.05) is 0 Å². The van der Waals surface area contributed by atoms with E-state index in [4.69, 9.17) is 22.4 Å². The molecule has 0 radical (unpaired) electrons. The highest BCUT2D eigenvalue weighted by Crippen LogP contribution is 2.29. The van der Waals surface area contributed by atoms with Gasteiger partial charge in [0, 0.05) is 23.2 Å². The summed E-state index contributed by atoms with van der Waals surface area (Å²) < 4.78 is 13.4. The molecule has 0 amide bonds. The summed E-state index contributed by atoms with van der Waals surface area (Å²) in [6.45, 7) is 3.42. The molecule has 0 aliphatic rings. The van der Waals surface area contributed by atoms with Gasteiger partial charge in [-0.3, -0.25) is 0 Å². The summed E-state index contributed by atoms with van der Waals surface area (Å²) in [5, 5.41) is 9.19. The first kappa shape index (κ1) is 12.4. The van der Waals surface area contributed by atoms with Gasteiger partial charge in [-0.05, 0) is 37.5 Å². The van der Waals surface area contributed by atoms with E-state index in [1.54, 1.807) is 13.8 Å². The zero-order valence-electron chi connectivity index (χ0n) is 8.85. The molecule has 0 saturated heterocycles. The largest absolute Gasteiger partial charge is 0.396 e. The molecular formula is C11H15ClFNO. The molecule has 0 aliphatic heterocycles. The molecule has 1 atom stereocenters. The summed E-state index contributed by atoms with van der Waals surface area (Å²) in [6.07, 6.45) is 0.402. The van der Waals surface area contributed by atoms with E-state index in [9.17, 15) is 4.39 Å². The highest BCUT2D eigenvalue weighted by Gasteiger charge is 2.15. The van der Waals surface area contributed by atoms with Crippen LogP contribution in [0.15, 0.2) is 6.07 Å². The van der Waals surface area contributed by atoms with Crippen molar-refractivity contribution in [2.24, 2.45) is 5.73 Å². The monoisotopic (exact) mass is 231 g/mol. The SMILES string of the molecule is Cc1c(F)cc(C(N)CCO)c(C)c1Cl. The first-order valence-electron chi connectivity index (χ1n) is 4.80. The Morgan fingerprint density at radius 2 is 2.07 bits per heavy atom. The van der Waals surface area contributed by atoms with Crippen molar-refractivity contribution in [3.05, 3.63) is 33.6 Å². The van der Waals surface area contributed by atoms with Crippen molar-refractivity contribution in [1.82, 2.24) is 0 Å². The zero-order chi connectivity index (χ0) is 11.6. The average Bonchev–Trinajstić information content (AvgIpc) is 2.20. The van der Waals surface area contributed by atoms with Gasteiger partial charge in [-0.15, -0.1) is 0 Å². The fourth-order valence-corrected chi connectivity index (χ4v) is 1.74. The third kappa shape index (κ3) is 2.48. The number of halogens is 2. The number of aliphatic hydroxyl groups excluding tert-OH is 1. The fraction of sp³-hybridized carbons (Fsp3) is 0.455. The minimum atomic E-state index is -0.373. The standard InChI is InChI=1S/C11H15ClFNO/c1-6-8(10(14)3-4-15)5-9(13)7(2)11(6)12/h5,10,15H,3-4,14H2,1-2H3. The lowest BCUT2D eigenvalue weighted by atomic mass is 9.97. The number of rotatable bonds is 3. The molecule has 0 aromatic heterocycles. The van der Waals surface area contributed by atoms with E-state index in [0.717, 1.165) is 5.56 Å². The molecule has 3 N–H and O–H groups in total. The summed E-state index contributed by atoms with van der Waals surface area (Å²) in [7, 11) is 0. The van der Waals surface area contributed by atoms with Gasteiger partial charge in [-0.2, -0.15) is 0 Å². The van der Waals surface area contributed by atoms with Crippen molar-refractivity contribution in [3.63, 3.8) is 0 Å². The predicted octanol–water partition coefficient (Wildman–Crippen LogP) is 2.48. The average molecular weight is 232 g/mol. The normalized spacial score (nSPS) is 12.9. The second-order valence-corrected chi connectivity index (χ2v) is 4.01. The summed E-state index contributed by atoms with van der Waals surface area (Å²) >= 11 is 5.97. The number of hydrogen-bond donors (Lipinski definition) is 2. The lowest BCUT2D eigenvalue weighted by Crippen LogP contribution is -2.14. The van der Waals surface area contributed by atoms with Crippen LogP contribution in [0.2, 0.25) is 5.02 Å². The van der Waals surface area contributed by atoms with Crippen molar-refractivity contribution in [2.45, 2.75) is 26.3 Å². The summed E-state index contributed by atoms with van der Waals surface area (Å²) in [6, 6.07) is 1.03. The highest BCUT2D eigenvalue weighted by molar-refractivity contribution is 6.32. The van der Waals surface area contributed by atoms with Gasteiger partial charge in [0.1, 0.15) is 5.82 Å². The number of nitrogens with two attached hydrogens (primary N) is 1. The van der Waals surface area contributed by atoms with Crippen LogP contribution in [0.4, 0.5) is 4.39 Å². The third-order valence-corrected chi connectivity index (χ3v) is 3.14. The van der Waals surface area contributed by atoms with E-state index in [1.165, 1.54) is 6.07 Å². The van der Waals surface area contributed by atoms with Crippen molar-refractivity contribution < 1.29 is 9.50 Å². The van der Waals surface area contributed by atoms with E-state index >= 15 is 0 Å². The second-order valence-electron chi connectivity index (χ2n) is 3.63. The fourth-order valence-electron chi connectivity index (χ4n) is 1.55. The molecule has 4 heteroatoms. The smallest absolute Gasteiger partial charge is 0.127 e. The molecular weight excluding hydrogens is 217 g/mol. The molecule has 2 nitrogen and oxygen atoms in total. The van der Waals surface area contributed by atoms with Crippen molar-refractivity contribution in [2.75, 3.05) is 6.61 Å². The van der Waals surface area contributed by atoms with Gasteiger partial charge < -0.3 is 10.8 Å². The molecule has 1 rings (SSSR count). The summed E-state index contributed by atoms with van der Waals surface area (Å²) in [5.41, 5.74) is 7.70. The lowest BCUT2D eigenvalue weighted by Gasteiger charge is -2.16. The van der Waals surface area contributed by atoms with Crippen LogP contribution in [-0.4, -0.2) is 11.7 Å². The Bertz CT molecular complexity index is 368. The van der Waals surface area contributed by atoms with Crippen LogP contribution >= 0.6 is 11.6 Å². The van der Waals surface area contributed by atoms with Gasteiger partial charge >= 0.3 is 0 Å². The van der Waals surface area contributed by atoms with Crippen LogP contribution in [0, 0.1) is 19.7 Å². The Balaban J connectivity index is 3.19. The van der Waals surface area contributed by atoms with Crippen molar-refractivity contribution in [3.8, 4) is 0 Å². The Morgan fingerprint density at radius 1 is 1.47 bits per heavy atom. The van der Waals surface area contributed by atoms with Gasteiger partial charge in [0.25, 0.3) is 0 Å². The minimum Gasteiger partial charge on any atom is -0.396 e. The van der Waals surface area contributed by atoms with Gasteiger partial charge in [-0.1, -0.05) is 11.6 Å². The molecule has 0 aliphatic carbocycles. The van der Waals surface area contributed by atoms with Crippen LogP contribution < -0.4 is 5.73 Å². The summed E-state index contributed by atoms with van der Waals surface area (Å²) in [4.78, 5) is 0. The summed E-state index contributed by atoms with van der Waals surface area (Å²) in [5.74, 6) is -0.353. The maximum Gasteiger partial charge on any atom is 0.127 e. The molecule has 0 spiro atoms. The predicted molar refractivity (Wildman–Crippen MR) is 59.5 cm³/mol. The molecule has 0 fully saturated rings. The molecule has 1 aromatic rings. The van der Waals surface area contributed by atoms with E-state index in [0.29, 0.717) is 22.6 Å². The van der Waals surface area contributed by atoms with Gasteiger partial charge in [0.15, 0.2) is 0 Å². The molecule has 0 bridgehead atoms. The minimum absolute atomic E-state index is 0.0201. The van der Waals surface area contributed by atoms with Gasteiger partial charge in [-0.25, -0.2) is 4.39 Å². The van der Waals surface area contributed by atoms with Crippen LogP contribution in [0.3, 0.4) is 0 Å². The Hall–Kier alpha value is -0.640. The Kier molecular flexibility index (Phi) is 4.08. The molecule has 84 valence electrons. The Morgan fingerprint density at radius 3 is 2.60 bits per heavy atom. The lowest BCUT2D eigenvalue weighted by molar-refractivity contribution is 0.276. The number of aliphatic hydroxyl groups is 1. The van der Waals surface area contributed by atoms with Crippen LogP contribution in [-0.2, 0) is 0 Å². The number of hydrogen-bond acceptors (Lipinski definition) is 2. The van der Waals surface area contributed by atoms with E-state index in [2.05, 4.69) is 0 Å². The maximum absolute atomic E-state index is 13.4. The van der Waals surface area contributed by atoms with Crippen molar-refractivity contribution >= 4 is 11.6 Å². The van der Waals surface area contributed by atoms with Crippen LogP contribution in [0.5, 0.6) is 0 Å². The Labute approximate surface area is 93.9 Å². The first-order chi connectivity index (χ1) is 6.99. The van der Waals surface area contributed by atoms with Gasteiger partial charge in [0.2, 0.25) is 0 Å². The molecule has 15 heavy (non-hydrogen) atoms. The van der Waals surface area contributed by atoms with Crippen LogP contribution in [0.25, 0.3) is 0 Å². The quantitative estimate of drug-likeness (QED) is 0.840. The highest BCUT2D eigenvalue weighted by atomic mass is 35.5. The molecule has 1 unspecified atom stereocenters. The van der Waals surface area contributed by atoms with E-state index in [-0.39, 0.29) is 18.5 Å². The van der Waals surface area contributed by atoms with Crippen LogP contribution in [0.1, 0.15) is 29.2 Å². The number of benzene rings is 1. The molecule has 0 heterocycles. The first-order valence-corrected chi connectivity index (χ1v) is 5.18. The topological polar surface area (TPSA) is 46.2 Å². The van der Waals surface area contributed by atoms with Gasteiger partial charge in [0.05, 0.1) is 0 Å². The maximum atomic E-state index is 13.4. The molecule has 1 aromatic carbocycles.